The van der Waals surface area contributed by atoms with Crippen molar-refractivity contribution in [2.24, 2.45) is 0 Å². The fourth-order valence-electron chi connectivity index (χ4n) is 7.32. The van der Waals surface area contributed by atoms with Crippen LogP contribution in [-0.4, -0.2) is 24.2 Å². The fourth-order valence-corrected chi connectivity index (χ4v) is 7.32. The summed E-state index contributed by atoms with van der Waals surface area (Å²) >= 11 is 0. The number of para-hydroxylation sites is 1. The maximum absolute atomic E-state index is 11.2. The number of hydrogen-bond donors (Lipinski definition) is 1. The van der Waals surface area contributed by atoms with Gasteiger partial charge in [0.15, 0.2) is 0 Å². The molecule has 0 bridgehead atoms. The summed E-state index contributed by atoms with van der Waals surface area (Å²) in [5, 5.41) is 11.2. The fraction of sp³-hybridized carbons (Fsp3) is 0.375. The Morgan fingerprint density at radius 2 is 1.04 bits per heavy atom. The SMILES string of the molecule is [2H]c1nc(-c2cccc(-c3cn(-c4c(C(C)C)cc(C(C)C)cc4C(C)C)c(-c4ccccc4O)n3)c2)n(-c2c(C(C)C)cc(C(C)C)cc2C(C)C)c1[2H]. The van der Waals surface area contributed by atoms with E-state index in [4.69, 9.17) is 11.3 Å². The highest BCUT2D eigenvalue weighted by Crippen LogP contribution is 2.41. The lowest BCUT2D eigenvalue weighted by Crippen LogP contribution is -2.10. The van der Waals surface area contributed by atoms with Crippen molar-refractivity contribution in [2.75, 3.05) is 0 Å². The van der Waals surface area contributed by atoms with Gasteiger partial charge in [0.05, 0.1) is 25.4 Å². The zero-order valence-corrected chi connectivity index (χ0v) is 33.7. The average Bonchev–Trinajstić information content (AvgIpc) is 3.70. The molecule has 0 saturated heterocycles. The van der Waals surface area contributed by atoms with Gasteiger partial charge in [-0.05, 0) is 87.1 Å². The highest BCUT2D eigenvalue weighted by atomic mass is 16.3. The normalized spacial score (nSPS) is 12.6. The lowest BCUT2D eigenvalue weighted by Gasteiger charge is -2.24. The van der Waals surface area contributed by atoms with Crippen LogP contribution in [0.3, 0.4) is 0 Å². The number of rotatable bonds is 11. The van der Waals surface area contributed by atoms with Gasteiger partial charge < -0.3 is 5.11 Å². The molecule has 0 amide bonds. The second kappa shape index (κ2) is 15.2. The maximum atomic E-state index is 11.2. The largest absolute Gasteiger partial charge is 0.507 e. The van der Waals surface area contributed by atoms with Crippen LogP contribution in [0.1, 0.15) is 155 Å². The van der Waals surface area contributed by atoms with Crippen LogP contribution in [0, 0.1) is 0 Å². The number of aromatic nitrogens is 4. The number of phenolic OH excluding ortho intramolecular Hbond substituents is 1. The van der Waals surface area contributed by atoms with E-state index in [1.54, 1.807) is 6.07 Å². The van der Waals surface area contributed by atoms with Gasteiger partial charge in [0.2, 0.25) is 0 Å². The summed E-state index contributed by atoms with van der Waals surface area (Å²) in [6, 6.07) is 24.8. The molecule has 0 unspecified atom stereocenters. The number of benzene rings is 4. The van der Waals surface area contributed by atoms with Gasteiger partial charge in [-0.15, -0.1) is 0 Å². The molecule has 0 aliphatic heterocycles. The molecular formula is C48H58N4O. The molecule has 2 heterocycles. The Morgan fingerprint density at radius 1 is 0.547 bits per heavy atom. The lowest BCUT2D eigenvalue weighted by atomic mass is 9.87. The van der Waals surface area contributed by atoms with Crippen molar-refractivity contribution in [3.05, 3.63) is 125 Å². The molecule has 276 valence electrons. The van der Waals surface area contributed by atoms with E-state index in [-0.39, 0.29) is 41.8 Å². The Balaban J connectivity index is 1.61. The van der Waals surface area contributed by atoms with Gasteiger partial charge in [-0.3, -0.25) is 9.13 Å². The molecule has 0 aliphatic carbocycles. The number of nitrogens with zero attached hydrogens (tertiary/aromatic N) is 4. The zero-order chi connectivity index (χ0) is 40.0. The van der Waals surface area contributed by atoms with Gasteiger partial charge in [0.25, 0.3) is 0 Å². The first kappa shape index (κ1) is 35.1. The second-order valence-electron chi connectivity index (χ2n) is 16.4. The summed E-state index contributed by atoms with van der Waals surface area (Å²) < 4.78 is 22.1. The minimum absolute atomic E-state index is 0.0591. The maximum Gasteiger partial charge on any atom is 0.148 e. The van der Waals surface area contributed by atoms with Crippen molar-refractivity contribution in [3.63, 3.8) is 0 Å². The van der Waals surface area contributed by atoms with E-state index in [1.807, 2.05) is 41.0 Å². The molecule has 0 saturated carbocycles. The number of hydrogen-bond acceptors (Lipinski definition) is 3. The van der Waals surface area contributed by atoms with Gasteiger partial charge in [0, 0.05) is 29.7 Å². The summed E-state index contributed by atoms with van der Waals surface area (Å²) in [6.07, 6.45) is 2.11. The van der Waals surface area contributed by atoms with Crippen molar-refractivity contribution < 1.29 is 7.85 Å². The molecule has 0 fully saturated rings. The molecule has 0 aliphatic rings. The van der Waals surface area contributed by atoms with Crippen LogP contribution in [0.25, 0.3) is 45.4 Å². The number of aromatic hydroxyl groups is 1. The summed E-state index contributed by atoms with van der Waals surface area (Å²) in [5.74, 6) is 3.01. The standard InChI is InChI=1S/C48H58N4O/c1-28(2)36-23-39(30(5)6)45(40(24-36)31(7)8)51-21-20-49-47(51)35-17-15-16-34(22-35)43-27-52(48(50-43)38-18-13-14-19-44(38)53)46-41(32(9)10)25-37(29(3)4)26-42(46)33(11)12/h13-33,53H,1-12H3/i20D,21D. The molecule has 4 aromatic carbocycles. The Hall–Kier alpha value is -4.90. The predicted molar refractivity (Wildman–Crippen MR) is 223 cm³/mol. The zero-order valence-electron chi connectivity index (χ0n) is 35.7. The Morgan fingerprint density at radius 3 is 1.53 bits per heavy atom. The molecule has 6 rings (SSSR count). The van der Waals surface area contributed by atoms with Crippen LogP contribution < -0.4 is 0 Å². The van der Waals surface area contributed by atoms with Crippen molar-refractivity contribution in [2.45, 2.75) is 119 Å². The van der Waals surface area contributed by atoms with Crippen LogP contribution in [0.2, 0.25) is 0 Å². The first-order valence-electron chi connectivity index (χ1n) is 20.4. The Bertz CT molecular complexity index is 2280. The number of imidazole rings is 2. The molecule has 5 nitrogen and oxygen atoms in total. The van der Waals surface area contributed by atoms with Gasteiger partial charge in [-0.2, -0.15) is 0 Å². The molecule has 2 aromatic heterocycles. The molecule has 53 heavy (non-hydrogen) atoms. The van der Waals surface area contributed by atoms with Gasteiger partial charge >= 0.3 is 0 Å². The second-order valence-corrected chi connectivity index (χ2v) is 16.4. The first-order chi connectivity index (χ1) is 26.0. The summed E-state index contributed by atoms with van der Waals surface area (Å²) in [5.41, 5.74) is 12.5. The first-order valence-corrected chi connectivity index (χ1v) is 19.4. The summed E-state index contributed by atoms with van der Waals surface area (Å²) in [7, 11) is 0. The third-order valence-corrected chi connectivity index (χ3v) is 10.5. The number of phenols is 1. The van der Waals surface area contributed by atoms with E-state index in [1.165, 1.54) is 22.3 Å². The molecule has 6 aromatic rings. The van der Waals surface area contributed by atoms with E-state index >= 15 is 0 Å². The van der Waals surface area contributed by atoms with E-state index < -0.39 is 0 Å². The van der Waals surface area contributed by atoms with E-state index in [9.17, 15) is 6.48 Å². The third-order valence-electron chi connectivity index (χ3n) is 10.5. The summed E-state index contributed by atoms with van der Waals surface area (Å²) in [6.45, 7) is 26.7. The van der Waals surface area contributed by atoms with Crippen molar-refractivity contribution in [1.82, 2.24) is 19.1 Å². The Labute approximate surface area is 320 Å². The van der Waals surface area contributed by atoms with Crippen LogP contribution in [0.4, 0.5) is 0 Å². The van der Waals surface area contributed by atoms with Crippen molar-refractivity contribution in [1.29, 1.82) is 0 Å². The molecule has 1 N–H and O–H groups in total. The highest BCUT2D eigenvalue weighted by Gasteiger charge is 2.25. The molecule has 5 heteroatoms. The van der Waals surface area contributed by atoms with Crippen LogP contribution in [0.15, 0.2) is 91.3 Å². The topological polar surface area (TPSA) is 55.9 Å². The quantitative estimate of drug-likeness (QED) is 0.146. The molecular weight excluding hydrogens is 649 g/mol. The van der Waals surface area contributed by atoms with Crippen molar-refractivity contribution in [3.8, 4) is 51.2 Å². The van der Waals surface area contributed by atoms with Gasteiger partial charge in [-0.1, -0.05) is 138 Å². The molecule has 0 atom stereocenters. The third kappa shape index (κ3) is 7.36. The van der Waals surface area contributed by atoms with Crippen LogP contribution in [0.5, 0.6) is 5.75 Å². The van der Waals surface area contributed by atoms with Crippen LogP contribution in [-0.2, 0) is 0 Å². The molecule has 0 radical (unpaired) electrons. The minimum atomic E-state index is -0.0591. The predicted octanol–water partition coefficient (Wildman–Crippen LogP) is 13.5. The van der Waals surface area contributed by atoms with Gasteiger partial charge in [-0.25, -0.2) is 9.97 Å². The molecule has 0 spiro atoms. The van der Waals surface area contributed by atoms with Crippen molar-refractivity contribution >= 4 is 0 Å². The average molecular weight is 709 g/mol. The van der Waals surface area contributed by atoms with Crippen LogP contribution >= 0.6 is 0 Å². The van der Waals surface area contributed by atoms with Gasteiger partial charge in [0.1, 0.15) is 17.4 Å². The van der Waals surface area contributed by atoms with E-state index in [2.05, 4.69) is 124 Å². The monoisotopic (exact) mass is 708 g/mol. The van der Waals surface area contributed by atoms with E-state index in [0.717, 1.165) is 39.3 Å². The minimum Gasteiger partial charge on any atom is -0.507 e. The lowest BCUT2D eigenvalue weighted by molar-refractivity contribution is 0.477. The Kier molecular flexibility index (Phi) is 10.1. The van der Waals surface area contributed by atoms with E-state index in [0.29, 0.717) is 29.0 Å². The smallest absolute Gasteiger partial charge is 0.148 e. The highest BCUT2D eigenvalue weighted by molar-refractivity contribution is 5.75. The summed E-state index contributed by atoms with van der Waals surface area (Å²) in [4.78, 5) is 10.0.